The Morgan fingerprint density at radius 3 is 2.40 bits per heavy atom. The molecular formula is C13H29NO. The molecule has 2 nitrogen and oxygen atoms in total. The second-order valence-electron chi connectivity index (χ2n) is 5.11. The molecule has 0 unspecified atom stereocenters. The van der Waals surface area contributed by atoms with Gasteiger partial charge in [-0.3, -0.25) is 0 Å². The molecule has 0 rings (SSSR count). The van der Waals surface area contributed by atoms with Gasteiger partial charge in [-0.25, -0.2) is 0 Å². The summed E-state index contributed by atoms with van der Waals surface area (Å²) < 4.78 is 5.06. The van der Waals surface area contributed by atoms with Crippen molar-refractivity contribution in [3.8, 4) is 0 Å². The van der Waals surface area contributed by atoms with Gasteiger partial charge in [0, 0.05) is 13.7 Å². The first-order valence-electron chi connectivity index (χ1n) is 6.32. The quantitative estimate of drug-likeness (QED) is 0.565. The summed E-state index contributed by atoms with van der Waals surface area (Å²) in [6.07, 6.45) is 6.30. The molecule has 92 valence electrons. The van der Waals surface area contributed by atoms with Crippen molar-refractivity contribution in [3.63, 3.8) is 0 Å². The molecule has 0 bridgehead atoms. The Bertz CT molecular complexity index is 120. The van der Waals surface area contributed by atoms with Crippen LogP contribution in [0.4, 0.5) is 0 Å². The van der Waals surface area contributed by atoms with Crippen LogP contribution in [0.5, 0.6) is 0 Å². The van der Waals surface area contributed by atoms with E-state index < -0.39 is 0 Å². The van der Waals surface area contributed by atoms with E-state index in [1.165, 1.54) is 32.1 Å². The SMILES string of the molecule is CCCNCCC(C)(C)CCCCOC. The van der Waals surface area contributed by atoms with Gasteiger partial charge in [0.15, 0.2) is 0 Å². The maximum atomic E-state index is 5.06. The van der Waals surface area contributed by atoms with E-state index in [9.17, 15) is 0 Å². The Hall–Kier alpha value is -0.0800. The maximum absolute atomic E-state index is 5.06. The number of unbranched alkanes of at least 4 members (excludes halogenated alkanes) is 1. The Kier molecular flexibility index (Phi) is 9.12. The predicted molar refractivity (Wildman–Crippen MR) is 67.3 cm³/mol. The molecule has 0 aromatic carbocycles. The zero-order valence-electron chi connectivity index (χ0n) is 11.1. The molecule has 1 N–H and O–H groups in total. The number of rotatable bonds is 10. The van der Waals surface area contributed by atoms with E-state index in [-0.39, 0.29) is 0 Å². The van der Waals surface area contributed by atoms with Gasteiger partial charge in [0.25, 0.3) is 0 Å². The van der Waals surface area contributed by atoms with Crippen molar-refractivity contribution in [2.75, 3.05) is 26.8 Å². The Morgan fingerprint density at radius 2 is 1.80 bits per heavy atom. The van der Waals surface area contributed by atoms with E-state index in [4.69, 9.17) is 4.74 Å². The van der Waals surface area contributed by atoms with Crippen molar-refractivity contribution < 1.29 is 4.74 Å². The number of ether oxygens (including phenoxy) is 1. The molecule has 0 aliphatic heterocycles. The molecule has 0 fully saturated rings. The smallest absolute Gasteiger partial charge is 0.0462 e. The number of hydrogen-bond donors (Lipinski definition) is 1. The fourth-order valence-electron chi connectivity index (χ4n) is 1.70. The van der Waals surface area contributed by atoms with Crippen LogP contribution in [0.3, 0.4) is 0 Å². The van der Waals surface area contributed by atoms with E-state index in [0.717, 1.165) is 19.7 Å². The number of hydrogen-bond acceptors (Lipinski definition) is 2. The van der Waals surface area contributed by atoms with Gasteiger partial charge in [-0.05, 0) is 44.2 Å². The van der Waals surface area contributed by atoms with Crippen LogP contribution in [0, 0.1) is 5.41 Å². The zero-order chi connectivity index (χ0) is 11.6. The highest BCUT2D eigenvalue weighted by molar-refractivity contribution is 4.69. The minimum atomic E-state index is 0.481. The fourth-order valence-corrected chi connectivity index (χ4v) is 1.70. The van der Waals surface area contributed by atoms with E-state index in [2.05, 4.69) is 26.1 Å². The van der Waals surface area contributed by atoms with Crippen molar-refractivity contribution in [1.29, 1.82) is 0 Å². The lowest BCUT2D eigenvalue weighted by Crippen LogP contribution is -2.23. The average Bonchev–Trinajstić information content (AvgIpc) is 2.20. The summed E-state index contributed by atoms with van der Waals surface area (Å²) in [7, 11) is 1.78. The first kappa shape index (κ1) is 14.9. The molecule has 0 amide bonds. The number of methoxy groups -OCH3 is 1. The molecule has 15 heavy (non-hydrogen) atoms. The topological polar surface area (TPSA) is 21.3 Å². The van der Waals surface area contributed by atoms with Gasteiger partial charge in [0.05, 0.1) is 0 Å². The van der Waals surface area contributed by atoms with Gasteiger partial charge in [0.2, 0.25) is 0 Å². The summed E-state index contributed by atoms with van der Waals surface area (Å²) in [5, 5.41) is 3.47. The normalized spacial score (nSPS) is 12.0. The van der Waals surface area contributed by atoms with E-state index in [1.54, 1.807) is 7.11 Å². The average molecular weight is 215 g/mol. The second-order valence-corrected chi connectivity index (χ2v) is 5.11. The molecule has 0 saturated carbocycles. The monoisotopic (exact) mass is 215 g/mol. The lowest BCUT2D eigenvalue weighted by Gasteiger charge is -2.24. The van der Waals surface area contributed by atoms with Gasteiger partial charge in [-0.15, -0.1) is 0 Å². The van der Waals surface area contributed by atoms with Crippen LogP contribution in [0.1, 0.15) is 52.9 Å². The van der Waals surface area contributed by atoms with Crippen molar-refractivity contribution in [3.05, 3.63) is 0 Å². The highest BCUT2D eigenvalue weighted by Crippen LogP contribution is 2.26. The first-order chi connectivity index (χ1) is 7.12. The van der Waals surface area contributed by atoms with Crippen LogP contribution >= 0.6 is 0 Å². The minimum Gasteiger partial charge on any atom is -0.385 e. The van der Waals surface area contributed by atoms with Crippen LogP contribution in [0.2, 0.25) is 0 Å². The molecular weight excluding hydrogens is 186 g/mol. The molecule has 0 atom stereocenters. The summed E-state index contributed by atoms with van der Waals surface area (Å²) in [5.74, 6) is 0. The van der Waals surface area contributed by atoms with Crippen LogP contribution in [-0.2, 0) is 4.74 Å². The highest BCUT2D eigenvalue weighted by atomic mass is 16.5. The van der Waals surface area contributed by atoms with Crippen molar-refractivity contribution in [2.24, 2.45) is 5.41 Å². The Labute approximate surface area is 95.8 Å². The molecule has 0 radical (unpaired) electrons. The Morgan fingerprint density at radius 1 is 1.07 bits per heavy atom. The summed E-state index contributed by atoms with van der Waals surface area (Å²) in [5.41, 5.74) is 0.481. The maximum Gasteiger partial charge on any atom is 0.0462 e. The third-order valence-electron chi connectivity index (χ3n) is 2.86. The van der Waals surface area contributed by atoms with Gasteiger partial charge in [-0.1, -0.05) is 27.2 Å². The molecule has 0 aliphatic rings. The largest absolute Gasteiger partial charge is 0.385 e. The molecule has 0 aromatic heterocycles. The summed E-state index contributed by atoms with van der Waals surface area (Å²) in [4.78, 5) is 0. The van der Waals surface area contributed by atoms with Gasteiger partial charge < -0.3 is 10.1 Å². The summed E-state index contributed by atoms with van der Waals surface area (Å²) >= 11 is 0. The van der Waals surface area contributed by atoms with E-state index in [1.807, 2.05) is 0 Å². The molecule has 0 spiro atoms. The zero-order valence-corrected chi connectivity index (χ0v) is 11.1. The molecule has 0 aliphatic carbocycles. The standard InChI is InChI=1S/C13H29NO/c1-5-10-14-11-9-13(2,3)8-6-7-12-15-4/h14H,5-12H2,1-4H3. The fraction of sp³-hybridized carbons (Fsp3) is 1.00. The Balaban J connectivity index is 3.40. The van der Waals surface area contributed by atoms with Crippen molar-refractivity contribution in [2.45, 2.75) is 52.9 Å². The number of nitrogens with one attached hydrogen (secondary N) is 1. The molecule has 2 heteroatoms. The van der Waals surface area contributed by atoms with Gasteiger partial charge >= 0.3 is 0 Å². The first-order valence-corrected chi connectivity index (χ1v) is 6.32. The molecule has 0 saturated heterocycles. The third kappa shape index (κ3) is 10.2. The predicted octanol–water partition coefficient (Wildman–Crippen LogP) is 3.22. The van der Waals surface area contributed by atoms with Gasteiger partial charge in [0.1, 0.15) is 0 Å². The second kappa shape index (κ2) is 9.17. The van der Waals surface area contributed by atoms with Crippen LogP contribution in [0.25, 0.3) is 0 Å². The van der Waals surface area contributed by atoms with E-state index in [0.29, 0.717) is 5.41 Å². The van der Waals surface area contributed by atoms with Crippen LogP contribution in [0.15, 0.2) is 0 Å². The lowest BCUT2D eigenvalue weighted by molar-refractivity contribution is 0.184. The summed E-state index contributed by atoms with van der Waals surface area (Å²) in [6.45, 7) is 10.2. The summed E-state index contributed by atoms with van der Waals surface area (Å²) in [6, 6.07) is 0. The van der Waals surface area contributed by atoms with Gasteiger partial charge in [-0.2, -0.15) is 0 Å². The molecule has 0 heterocycles. The van der Waals surface area contributed by atoms with Crippen LogP contribution < -0.4 is 5.32 Å². The van der Waals surface area contributed by atoms with Crippen molar-refractivity contribution >= 4 is 0 Å². The third-order valence-corrected chi connectivity index (χ3v) is 2.86. The van der Waals surface area contributed by atoms with Crippen molar-refractivity contribution in [1.82, 2.24) is 5.32 Å². The van der Waals surface area contributed by atoms with E-state index >= 15 is 0 Å². The lowest BCUT2D eigenvalue weighted by atomic mass is 9.84. The minimum absolute atomic E-state index is 0.481. The highest BCUT2D eigenvalue weighted by Gasteiger charge is 2.16. The molecule has 0 aromatic rings. The van der Waals surface area contributed by atoms with Crippen LogP contribution in [-0.4, -0.2) is 26.8 Å².